The highest BCUT2D eigenvalue weighted by Crippen LogP contribution is 2.50. The van der Waals surface area contributed by atoms with Gasteiger partial charge < -0.3 is 20.1 Å². The number of thiophene rings is 1. The Hall–Kier alpha value is -3.46. The molecule has 1 saturated heterocycles. The van der Waals surface area contributed by atoms with E-state index in [0.29, 0.717) is 11.2 Å². The van der Waals surface area contributed by atoms with Crippen molar-refractivity contribution in [2.45, 2.75) is 44.9 Å². The summed E-state index contributed by atoms with van der Waals surface area (Å²) in [5, 5.41) is 10.4. The molecule has 2 aromatic heterocycles. The molecule has 208 valence electrons. The van der Waals surface area contributed by atoms with Crippen LogP contribution in [0.2, 0.25) is 5.02 Å². The molecule has 2 N–H and O–H groups in total. The zero-order valence-corrected chi connectivity index (χ0v) is 24.0. The summed E-state index contributed by atoms with van der Waals surface area (Å²) < 4.78 is 44.0. The van der Waals surface area contributed by atoms with Gasteiger partial charge in [-0.25, -0.2) is 8.78 Å². The number of hydrogen-bond donors (Lipinski definition) is 1. The fourth-order valence-electron chi connectivity index (χ4n) is 5.72. The number of halogens is 3. The van der Waals surface area contributed by atoms with Crippen LogP contribution in [0.25, 0.3) is 32.1 Å². The second-order valence-corrected chi connectivity index (χ2v) is 11.9. The Kier molecular flexibility index (Phi) is 6.60. The zero-order valence-electron chi connectivity index (χ0n) is 22.4. The number of fused-ring (bicyclic) bond motifs is 1. The summed E-state index contributed by atoms with van der Waals surface area (Å²) in [6.45, 7) is 5.14. The topological polar surface area (TPSA) is 101 Å². The van der Waals surface area contributed by atoms with E-state index in [4.69, 9.17) is 31.8 Å². The van der Waals surface area contributed by atoms with Crippen LogP contribution in [-0.4, -0.2) is 60.3 Å². The lowest BCUT2D eigenvalue weighted by molar-refractivity contribution is 0.112. The Morgan fingerprint density at radius 2 is 2.05 bits per heavy atom. The zero-order chi connectivity index (χ0) is 28.5. The van der Waals surface area contributed by atoms with E-state index in [-0.39, 0.29) is 78.9 Å². The molecule has 0 bridgehead atoms. The molecule has 12 heteroatoms. The second-order valence-electron chi connectivity index (χ2n) is 10.4. The lowest BCUT2D eigenvalue weighted by Gasteiger charge is -2.27. The Balaban J connectivity index is 1.63. The Labute approximate surface area is 238 Å². The van der Waals surface area contributed by atoms with Crippen molar-refractivity contribution in [2.24, 2.45) is 0 Å². The molecule has 4 aromatic rings. The van der Waals surface area contributed by atoms with Crippen LogP contribution in [0.4, 0.5) is 19.6 Å². The summed E-state index contributed by atoms with van der Waals surface area (Å²) in [4.78, 5) is 13.4. The van der Waals surface area contributed by atoms with Crippen molar-refractivity contribution in [3.63, 3.8) is 0 Å². The minimum absolute atomic E-state index is 0.0199. The lowest BCUT2D eigenvalue weighted by Crippen LogP contribution is -2.38. The molecular weight excluding hydrogens is 558 g/mol. The van der Waals surface area contributed by atoms with E-state index >= 15 is 4.39 Å². The van der Waals surface area contributed by atoms with Gasteiger partial charge in [0.15, 0.2) is 11.6 Å². The number of nitrogens with two attached hydrogens (primary N) is 1. The number of nitriles is 1. The van der Waals surface area contributed by atoms with Gasteiger partial charge in [-0.1, -0.05) is 17.7 Å². The highest BCUT2D eigenvalue weighted by Gasteiger charge is 2.34. The van der Waals surface area contributed by atoms with E-state index in [1.165, 1.54) is 12.1 Å². The van der Waals surface area contributed by atoms with Crippen LogP contribution in [0.1, 0.15) is 32.3 Å². The minimum Gasteiger partial charge on any atom is -0.489 e. The average Bonchev–Trinajstić information content (AvgIpc) is 3.48. The van der Waals surface area contributed by atoms with Gasteiger partial charge in [0.05, 0.1) is 26.7 Å². The van der Waals surface area contributed by atoms with E-state index in [1.54, 1.807) is 0 Å². The van der Waals surface area contributed by atoms with Gasteiger partial charge in [-0.2, -0.15) is 15.2 Å². The first-order valence-corrected chi connectivity index (χ1v) is 14.2. The molecular formula is C28H27ClF2N6O2S. The summed E-state index contributed by atoms with van der Waals surface area (Å²) in [6, 6.07) is 4.73. The molecule has 40 heavy (non-hydrogen) atoms. The predicted molar refractivity (Wildman–Crippen MR) is 154 cm³/mol. The van der Waals surface area contributed by atoms with Crippen LogP contribution >= 0.6 is 22.9 Å². The molecule has 0 unspecified atom stereocenters. The molecule has 3 atom stereocenters. The fraction of sp³-hybridized carbons (Fsp3) is 0.393. The van der Waals surface area contributed by atoms with Crippen LogP contribution in [0, 0.1) is 23.0 Å². The van der Waals surface area contributed by atoms with Crippen molar-refractivity contribution >= 4 is 54.7 Å². The number of hydrogen-bond acceptors (Lipinski definition) is 9. The van der Waals surface area contributed by atoms with Gasteiger partial charge in [0.1, 0.15) is 40.9 Å². The number of rotatable bonds is 4. The van der Waals surface area contributed by atoms with Gasteiger partial charge >= 0.3 is 6.01 Å². The first-order valence-electron chi connectivity index (χ1n) is 13.0. The normalized spacial score (nSPS) is 20.0. The van der Waals surface area contributed by atoms with E-state index in [0.717, 1.165) is 30.7 Å². The molecule has 8 nitrogen and oxygen atoms in total. The number of likely N-dealkylation sites (tertiary alicyclic amines) is 1. The van der Waals surface area contributed by atoms with Crippen LogP contribution in [0.5, 0.6) is 11.8 Å². The third-order valence-electron chi connectivity index (χ3n) is 8.02. The fourth-order valence-corrected chi connectivity index (χ4v) is 7.01. The number of anilines is 2. The number of nitrogens with zero attached hydrogens (tertiary/aromatic N) is 5. The van der Waals surface area contributed by atoms with Crippen molar-refractivity contribution in [3.8, 4) is 29.0 Å². The Bertz CT molecular complexity index is 1720. The van der Waals surface area contributed by atoms with E-state index in [9.17, 15) is 9.65 Å². The molecule has 2 aliphatic rings. The summed E-state index contributed by atoms with van der Waals surface area (Å²) in [7, 11) is 3.90. The monoisotopic (exact) mass is 584 g/mol. The largest absolute Gasteiger partial charge is 0.489 e. The number of aromatic nitrogens is 2. The summed E-state index contributed by atoms with van der Waals surface area (Å²) in [6.07, 6.45) is 1.81. The predicted octanol–water partition coefficient (Wildman–Crippen LogP) is 5.98. The Morgan fingerprint density at radius 3 is 2.75 bits per heavy atom. The van der Waals surface area contributed by atoms with Crippen LogP contribution in [0.15, 0.2) is 12.1 Å². The van der Waals surface area contributed by atoms with E-state index in [1.807, 2.05) is 31.9 Å². The molecule has 0 amide bonds. The molecule has 4 heterocycles. The molecule has 2 aliphatic heterocycles. The third kappa shape index (κ3) is 4.00. The van der Waals surface area contributed by atoms with Crippen molar-refractivity contribution < 1.29 is 18.3 Å². The molecule has 0 spiro atoms. The molecule has 0 radical (unpaired) electrons. The number of nitrogen functional groups attached to an aromatic ring is 1. The van der Waals surface area contributed by atoms with Gasteiger partial charge in [0.25, 0.3) is 0 Å². The number of benzene rings is 2. The quantitative estimate of drug-likeness (QED) is 0.313. The van der Waals surface area contributed by atoms with Crippen LogP contribution < -0.4 is 20.1 Å². The number of likely N-dealkylation sites (N-methyl/N-ethyl adjacent to an activating group) is 2. The molecule has 2 aromatic carbocycles. The number of ether oxygens (including phenoxy) is 2. The summed E-state index contributed by atoms with van der Waals surface area (Å²) in [5.74, 6) is -0.670. The van der Waals surface area contributed by atoms with Gasteiger partial charge in [0, 0.05) is 24.0 Å². The highest BCUT2D eigenvalue weighted by atomic mass is 35.5. The van der Waals surface area contributed by atoms with Crippen LogP contribution in [0.3, 0.4) is 0 Å². The van der Waals surface area contributed by atoms with Gasteiger partial charge in [-0.05, 0) is 51.9 Å². The first-order chi connectivity index (χ1) is 19.1. The van der Waals surface area contributed by atoms with Crippen molar-refractivity contribution in [3.05, 3.63) is 34.4 Å². The lowest BCUT2D eigenvalue weighted by atomic mass is 9.96. The minimum atomic E-state index is -0.754. The smallest absolute Gasteiger partial charge is 0.319 e. The standard InChI is InChI=1S/C28H27ClF2N6O2S/c1-12-11-38-24-20-23(34-28(35-27(20)37(12)4)39-13(2)17-6-5-9-36(17)3)22(31)19(21(24)29)14-7-8-16(30)25-18(14)15(10-32)26(33)40-25/h7-8,12-13,17H,5-6,9,11,33H2,1-4H3/t12-,13-,17-/m0/s1. The van der Waals surface area contributed by atoms with Gasteiger partial charge in [-0.3, -0.25) is 4.90 Å². The highest BCUT2D eigenvalue weighted by molar-refractivity contribution is 7.23. The second kappa shape index (κ2) is 9.87. The Morgan fingerprint density at radius 1 is 1.27 bits per heavy atom. The molecule has 0 aliphatic carbocycles. The van der Waals surface area contributed by atoms with Gasteiger partial charge in [-0.15, -0.1) is 11.3 Å². The summed E-state index contributed by atoms with van der Waals surface area (Å²) in [5.41, 5.74) is 6.23. The van der Waals surface area contributed by atoms with Crippen molar-refractivity contribution in [1.29, 1.82) is 5.26 Å². The maximum absolute atomic E-state index is 16.7. The average molecular weight is 585 g/mol. The maximum Gasteiger partial charge on any atom is 0.319 e. The molecule has 0 saturated carbocycles. The SMILES string of the molecule is C[C@H](Oc1nc2c3c(c(Cl)c(-c4ccc(F)c5sc(N)c(C#N)c45)c(F)c3n1)OC[C@H](C)N2C)[C@@H]1CCCN1C. The maximum atomic E-state index is 16.7. The van der Waals surface area contributed by atoms with Gasteiger partial charge in [0.2, 0.25) is 0 Å². The van der Waals surface area contributed by atoms with E-state index in [2.05, 4.69) is 16.9 Å². The summed E-state index contributed by atoms with van der Waals surface area (Å²) >= 11 is 7.82. The molecule has 1 fully saturated rings. The third-order valence-corrected chi connectivity index (χ3v) is 9.40. The van der Waals surface area contributed by atoms with Crippen molar-refractivity contribution in [1.82, 2.24) is 14.9 Å². The van der Waals surface area contributed by atoms with Crippen LogP contribution in [-0.2, 0) is 0 Å². The van der Waals surface area contributed by atoms with Crippen molar-refractivity contribution in [2.75, 3.05) is 37.9 Å². The molecule has 6 rings (SSSR count). The first kappa shape index (κ1) is 26.7. The van der Waals surface area contributed by atoms with E-state index < -0.39 is 11.6 Å².